The van der Waals surface area contributed by atoms with E-state index < -0.39 is 0 Å². The Morgan fingerprint density at radius 1 is 1.21 bits per heavy atom. The van der Waals surface area contributed by atoms with Crippen molar-refractivity contribution in [2.45, 2.75) is 26.3 Å². The summed E-state index contributed by atoms with van der Waals surface area (Å²) < 4.78 is 6.21. The molecule has 0 saturated carbocycles. The van der Waals surface area contributed by atoms with Gasteiger partial charge in [0.05, 0.1) is 10.9 Å². The molecular weight excluding hydrogens is 452 g/mol. The summed E-state index contributed by atoms with van der Waals surface area (Å²) >= 11 is 3.10. The maximum absolute atomic E-state index is 13.5. The summed E-state index contributed by atoms with van der Waals surface area (Å²) in [6.07, 6.45) is 2.48. The van der Waals surface area contributed by atoms with Crippen molar-refractivity contribution in [3.63, 3.8) is 0 Å². The fourth-order valence-corrected chi connectivity index (χ4v) is 5.81. The highest BCUT2D eigenvalue weighted by Crippen LogP contribution is 2.34. The molecule has 0 unspecified atom stereocenters. The molecule has 1 aliphatic rings. The number of hydrogen-bond acceptors (Lipinski definition) is 5. The highest BCUT2D eigenvalue weighted by Gasteiger charge is 2.33. The molecule has 0 fully saturated rings. The van der Waals surface area contributed by atoms with E-state index in [-0.39, 0.29) is 24.4 Å². The zero-order valence-corrected chi connectivity index (χ0v) is 20.6. The van der Waals surface area contributed by atoms with E-state index in [0.717, 1.165) is 23.3 Å². The van der Waals surface area contributed by atoms with Crippen LogP contribution < -0.4 is 4.74 Å². The van der Waals surface area contributed by atoms with Crippen LogP contribution in [-0.4, -0.2) is 47.9 Å². The number of amides is 2. The minimum atomic E-state index is -0.185. The fourth-order valence-electron chi connectivity index (χ4n) is 4.19. The van der Waals surface area contributed by atoms with Gasteiger partial charge in [0.25, 0.3) is 5.91 Å². The molecule has 0 bridgehead atoms. The van der Waals surface area contributed by atoms with Gasteiger partial charge in [-0.3, -0.25) is 9.59 Å². The topological polar surface area (TPSA) is 49.9 Å². The highest BCUT2D eigenvalue weighted by molar-refractivity contribution is 7.12. The van der Waals surface area contributed by atoms with E-state index in [1.165, 1.54) is 21.8 Å². The number of carbonyl (C=O) groups is 2. The Bertz CT molecular complexity index is 1140. The van der Waals surface area contributed by atoms with Crippen molar-refractivity contribution in [1.29, 1.82) is 0 Å². The van der Waals surface area contributed by atoms with Gasteiger partial charge in [-0.1, -0.05) is 29.8 Å². The van der Waals surface area contributed by atoms with Gasteiger partial charge in [-0.05, 0) is 60.4 Å². The first kappa shape index (κ1) is 23.3. The molecular formula is C26H28N2O3S2. The molecule has 7 heteroatoms. The van der Waals surface area contributed by atoms with Crippen LogP contribution in [0.15, 0.2) is 59.8 Å². The zero-order chi connectivity index (χ0) is 23.4. The molecule has 3 heterocycles. The van der Waals surface area contributed by atoms with Crippen LogP contribution in [0.2, 0.25) is 0 Å². The second kappa shape index (κ2) is 10.4. The maximum Gasteiger partial charge on any atom is 0.264 e. The lowest BCUT2D eigenvalue weighted by atomic mass is 10.00. The molecule has 0 radical (unpaired) electrons. The third-order valence-electron chi connectivity index (χ3n) is 5.84. The third kappa shape index (κ3) is 5.20. The van der Waals surface area contributed by atoms with Crippen LogP contribution >= 0.6 is 22.7 Å². The monoisotopic (exact) mass is 480 g/mol. The number of ether oxygens (including phenoxy) is 1. The first-order valence-corrected chi connectivity index (χ1v) is 12.7. The molecule has 3 aromatic rings. The standard InChI is InChI=1S/C26H28N2O3S2/c1-4-11-27(26(30)24-6-5-13-32-24)16-25(29)28-12-9-23-20(10-14-33-23)21(28)17-31-22-8-7-18(2)15-19(22)3/h4-8,10,13-15,21H,1,9,11-12,16-17H2,2-3H3/t21-/m1/s1. The van der Waals surface area contributed by atoms with Crippen LogP contribution in [0.1, 0.15) is 37.3 Å². The number of benzene rings is 1. The summed E-state index contributed by atoms with van der Waals surface area (Å²) in [7, 11) is 0. The second-order valence-corrected chi connectivity index (χ2v) is 10.1. The molecule has 5 nitrogen and oxygen atoms in total. The Morgan fingerprint density at radius 2 is 2.06 bits per heavy atom. The van der Waals surface area contributed by atoms with Gasteiger partial charge in [-0.2, -0.15) is 0 Å². The van der Waals surface area contributed by atoms with Gasteiger partial charge in [0.2, 0.25) is 5.91 Å². The summed E-state index contributed by atoms with van der Waals surface area (Å²) in [4.78, 5) is 31.7. The second-order valence-electron chi connectivity index (χ2n) is 8.18. The molecule has 172 valence electrons. The molecule has 1 atom stereocenters. The molecule has 0 aliphatic carbocycles. The first-order chi connectivity index (χ1) is 16.0. The van der Waals surface area contributed by atoms with E-state index in [9.17, 15) is 9.59 Å². The van der Waals surface area contributed by atoms with Gasteiger partial charge in [0.1, 0.15) is 18.9 Å². The molecule has 0 spiro atoms. The number of carbonyl (C=O) groups excluding carboxylic acids is 2. The summed E-state index contributed by atoms with van der Waals surface area (Å²) in [5.41, 5.74) is 3.41. The predicted molar refractivity (Wildman–Crippen MR) is 134 cm³/mol. The number of rotatable bonds is 8. The van der Waals surface area contributed by atoms with Crippen molar-refractivity contribution in [2.75, 3.05) is 26.2 Å². The number of aryl methyl sites for hydroxylation is 2. The Kier molecular flexibility index (Phi) is 7.30. The van der Waals surface area contributed by atoms with Crippen molar-refractivity contribution in [2.24, 2.45) is 0 Å². The van der Waals surface area contributed by atoms with E-state index in [0.29, 0.717) is 24.6 Å². The lowest BCUT2D eigenvalue weighted by molar-refractivity contribution is -0.135. The van der Waals surface area contributed by atoms with Crippen molar-refractivity contribution in [1.82, 2.24) is 9.80 Å². The van der Waals surface area contributed by atoms with Gasteiger partial charge in [0.15, 0.2) is 0 Å². The Balaban J connectivity index is 1.53. The minimum absolute atomic E-state index is 0.0162. The van der Waals surface area contributed by atoms with E-state index in [4.69, 9.17) is 4.74 Å². The molecule has 2 amide bonds. The van der Waals surface area contributed by atoms with Gasteiger partial charge >= 0.3 is 0 Å². The Morgan fingerprint density at radius 3 is 2.79 bits per heavy atom. The third-order valence-corrected chi connectivity index (χ3v) is 7.69. The number of nitrogens with zero attached hydrogens (tertiary/aromatic N) is 2. The largest absolute Gasteiger partial charge is 0.491 e. The summed E-state index contributed by atoms with van der Waals surface area (Å²) in [5, 5.41) is 3.94. The minimum Gasteiger partial charge on any atom is -0.491 e. The molecule has 2 aromatic heterocycles. The molecule has 0 N–H and O–H groups in total. The van der Waals surface area contributed by atoms with E-state index in [1.54, 1.807) is 28.4 Å². The molecule has 0 saturated heterocycles. The van der Waals surface area contributed by atoms with Crippen molar-refractivity contribution in [3.8, 4) is 5.75 Å². The van der Waals surface area contributed by atoms with Crippen molar-refractivity contribution >= 4 is 34.5 Å². The van der Waals surface area contributed by atoms with Gasteiger partial charge in [-0.25, -0.2) is 0 Å². The summed E-state index contributed by atoms with van der Waals surface area (Å²) in [5.74, 6) is 0.610. The van der Waals surface area contributed by atoms with E-state index in [1.807, 2.05) is 35.4 Å². The average Bonchev–Trinajstić information content (AvgIpc) is 3.49. The van der Waals surface area contributed by atoms with Crippen LogP contribution in [0.4, 0.5) is 0 Å². The molecule has 33 heavy (non-hydrogen) atoms. The van der Waals surface area contributed by atoms with Gasteiger partial charge in [0, 0.05) is 18.0 Å². The fraction of sp³-hybridized carbons (Fsp3) is 0.308. The SMILES string of the molecule is C=CCN(CC(=O)N1CCc2sccc2[C@H]1COc1ccc(C)cc1C)C(=O)c1cccs1. The lowest BCUT2D eigenvalue weighted by Crippen LogP contribution is -2.47. The van der Waals surface area contributed by atoms with Crippen molar-refractivity contribution < 1.29 is 14.3 Å². The number of hydrogen-bond donors (Lipinski definition) is 0. The van der Waals surface area contributed by atoms with Crippen LogP contribution in [0, 0.1) is 13.8 Å². The highest BCUT2D eigenvalue weighted by atomic mass is 32.1. The molecule has 4 rings (SSSR count). The van der Waals surface area contributed by atoms with E-state index >= 15 is 0 Å². The van der Waals surface area contributed by atoms with Gasteiger partial charge in [-0.15, -0.1) is 29.3 Å². The van der Waals surface area contributed by atoms with Crippen molar-refractivity contribution in [3.05, 3.63) is 86.3 Å². The average molecular weight is 481 g/mol. The van der Waals surface area contributed by atoms with Crippen LogP contribution in [0.3, 0.4) is 0 Å². The normalized spacial score (nSPS) is 15.1. The van der Waals surface area contributed by atoms with E-state index in [2.05, 4.69) is 31.0 Å². The number of thiophene rings is 2. The zero-order valence-electron chi connectivity index (χ0n) is 19.0. The molecule has 1 aliphatic heterocycles. The van der Waals surface area contributed by atoms with Gasteiger partial charge < -0.3 is 14.5 Å². The smallest absolute Gasteiger partial charge is 0.264 e. The maximum atomic E-state index is 13.5. The quantitative estimate of drug-likeness (QED) is 0.413. The first-order valence-electron chi connectivity index (χ1n) is 11.0. The Labute approximate surface area is 202 Å². The lowest BCUT2D eigenvalue weighted by Gasteiger charge is -2.37. The van der Waals surface area contributed by atoms with Crippen LogP contribution in [-0.2, 0) is 11.2 Å². The summed E-state index contributed by atoms with van der Waals surface area (Å²) in [6.45, 7) is 9.18. The van der Waals surface area contributed by atoms with Crippen LogP contribution in [0.5, 0.6) is 5.75 Å². The number of fused-ring (bicyclic) bond motifs is 1. The van der Waals surface area contributed by atoms with Crippen LogP contribution in [0.25, 0.3) is 0 Å². The predicted octanol–water partition coefficient (Wildman–Crippen LogP) is 5.26. The molecule has 1 aromatic carbocycles. The Hall–Kier alpha value is -2.90. The summed E-state index contributed by atoms with van der Waals surface area (Å²) in [6, 6.07) is 11.6.